The van der Waals surface area contributed by atoms with E-state index in [-0.39, 0.29) is 0 Å². The van der Waals surface area contributed by atoms with Crippen LogP contribution >= 0.6 is 11.3 Å². The second kappa shape index (κ2) is 12.2. The SMILES string of the molecule is CCNC(=NCc1ccc(CN2CCCN(C)CC2)cc1)NCc1nc(C(C)C)cs1. The number of benzene rings is 1. The summed E-state index contributed by atoms with van der Waals surface area (Å²) in [7, 11) is 2.22. The predicted molar refractivity (Wildman–Crippen MR) is 132 cm³/mol. The van der Waals surface area contributed by atoms with E-state index in [2.05, 4.69) is 77.9 Å². The first-order valence-electron chi connectivity index (χ1n) is 11.5. The Balaban J connectivity index is 1.51. The number of likely N-dealkylation sites (N-methyl/N-ethyl adjacent to an activating group) is 1. The van der Waals surface area contributed by atoms with Crippen LogP contribution in [0.15, 0.2) is 34.6 Å². The van der Waals surface area contributed by atoms with Crippen molar-refractivity contribution < 1.29 is 0 Å². The molecule has 0 atom stereocenters. The maximum atomic E-state index is 4.76. The highest BCUT2D eigenvalue weighted by molar-refractivity contribution is 7.09. The van der Waals surface area contributed by atoms with E-state index >= 15 is 0 Å². The smallest absolute Gasteiger partial charge is 0.191 e. The number of hydrogen-bond acceptors (Lipinski definition) is 5. The third-order valence-corrected chi connectivity index (χ3v) is 6.44. The second-order valence-electron chi connectivity index (χ2n) is 8.62. The van der Waals surface area contributed by atoms with Crippen LogP contribution in [0, 0.1) is 0 Å². The van der Waals surface area contributed by atoms with Gasteiger partial charge >= 0.3 is 0 Å². The third-order valence-electron chi connectivity index (χ3n) is 5.57. The van der Waals surface area contributed by atoms with E-state index in [0.29, 0.717) is 19.0 Å². The van der Waals surface area contributed by atoms with Crippen LogP contribution in [0.3, 0.4) is 0 Å². The standard InChI is InChI=1S/C24H38N6S/c1-5-25-24(27-16-23-28-22(18-31-23)19(2)3)26-15-20-7-9-21(10-8-20)17-30-12-6-11-29(4)13-14-30/h7-10,18-19H,5-6,11-17H2,1-4H3,(H2,25,26,27). The predicted octanol–water partition coefficient (Wildman–Crippen LogP) is 3.66. The van der Waals surface area contributed by atoms with Gasteiger partial charge in [0.1, 0.15) is 5.01 Å². The van der Waals surface area contributed by atoms with Crippen molar-refractivity contribution in [1.29, 1.82) is 0 Å². The van der Waals surface area contributed by atoms with Crippen molar-refractivity contribution in [3.8, 4) is 0 Å². The molecule has 2 aromatic rings. The van der Waals surface area contributed by atoms with Gasteiger partial charge in [-0.2, -0.15) is 0 Å². The van der Waals surface area contributed by atoms with Crippen molar-refractivity contribution in [2.75, 3.05) is 39.8 Å². The highest BCUT2D eigenvalue weighted by Gasteiger charge is 2.12. The van der Waals surface area contributed by atoms with Gasteiger partial charge in [0.2, 0.25) is 0 Å². The Labute approximate surface area is 191 Å². The Morgan fingerprint density at radius 2 is 1.87 bits per heavy atom. The quantitative estimate of drug-likeness (QED) is 0.483. The van der Waals surface area contributed by atoms with Crippen LogP contribution in [0.1, 0.15) is 54.9 Å². The van der Waals surface area contributed by atoms with Crippen molar-refractivity contribution in [3.63, 3.8) is 0 Å². The maximum absolute atomic E-state index is 4.76. The molecule has 1 aliphatic rings. The second-order valence-corrected chi connectivity index (χ2v) is 9.56. The summed E-state index contributed by atoms with van der Waals surface area (Å²) in [4.78, 5) is 14.4. The van der Waals surface area contributed by atoms with Gasteiger partial charge in [0, 0.05) is 31.6 Å². The Kier molecular flexibility index (Phi) is 9.31. The molecule has 0 amide bonds. The zero-order valence-corrected chi connectivity index (χ0v) is 20.3. The minimum absolute atomic E-state index is 0.468. The molecule has 170 valence electrons. The lowest BCUT2D eigenvalue weighted by molar-refractivity contribution is 0.269. The zero-order valence-electron chi connectivity index (χ0n) is 19.5. The van der Waals surface area contributed by atoms with Gasteiger partial charge in [0.05, 0.1) is 18.8 Å². The fourth-order valence-electron chi connectivity index (χ4n) is 3.61. The third kappa shape index (κ3) is 7.91. The molecule has 1 saturated heterocycles. The molecule has 0 radical (unpaired) electrons. The zero-order chi connectivity index (χ0) is 22.1. The molecule has 0 saturated carbocycles. The molecule has 31 heavy (non-hydrogen) atoms. The molecule has 1 fully saturated rings. The lowest BCUT2D eigenvalue weighted by Gasteiger charge is -2.20. The van der Waals surface area contributed by atoms with Gasteiger partial charge in [-0.05, 0) is 50.5 Å². The van der Waals surface area contributed by atoms with Gasteiger partial charge in [0.15, 0.2) is 5.96 Å². The number of rotatable bonds is 8. The van der Waals surface area contributed by atoms with Gasteiger partial charge in [-0.25, -0.2) is 9.98 Å². The number of thiazole rings is 1. The molecule has 0 spiro atoms. The van der Waals surface area contributed by atoms with Crippen molar-refractivity contribution in [2.24, 2.45) is 4.99 Å². The van der Waals surface area contributed by atoms with Crippen LogP contribution < -0.4 is 10.6 Å². The Hall–Kier alpha value is -1.96. The van der Waals surface area contributed by atoms with E-state index < -0.39 is 0 Å². The molecule has 0 aliphatic carbocycles. The number of hydrogen-bond donors (Lipinski definition) is 2. The van der Waals surface area contributed by atoms with Crippen molar-refractivity contribution in [1.82, 2.24) is 25.4 Å². The van der Waals surface area contributed by atoms with E-state index in [4.69, 9.17) is 9.98 Å². The maximum Gasteiger partial charge on any atom is 0.191 e. The van der Waals surface area contributed by atoms with E-state index in [0.717, 1.165) is 42.8 Å². The molecule has 1 aromatic heterocycles. The van der Waals surface area contributed by atoms with Crippen molar-refractivity contribution in [2.45, 2.75) is 52.7 Å². The summed E-state index contributed by atoms with van der Waals surface area (Å²) in [6.45, 7) is 14.4. The number of nitrogens with zero attached hydrogens (tertiary/aromatic N) is 4. The molecule has 2 heterocycles. The summed E-state index contributed by atoms with van der Waals surface area (Å²) >= 11 is 1.71. The van der Waals surface area contributed by atoms with Crippen molar-refractivity contribution in [3.05, 3.63) is 51.5 Å². The Bertz CT molecular complexity index is 814. The highest BCUT2D eigenvalue weighted by atomic mass is 32.1. The monoisotopic (exact) mass is 442 g/mol. The molecule has 1 aliphatic heterocycles. The summed E-state index contributed by atoms with van der Waals surface area (Å²) in [6.07, 6.45) is 1.25. The molecule has 7 heteroatoms. The molecule has 1 aromatic carbocycles. The van der Waals surface area contributed by atoms with Crippen LogP contribution in [0.5, 0.6) is 0 Å². The highest BCUT2D eigenvalue weighted by Crippen LogP contribution is 2.17. The Morgan fingerprint density at radius 1 is 1.10 bits per heavy atom. The first-order valence-corrected chi connectivity index (χ1v) is 12.4. The van der Waals surface area contributed by atoms with Gasteiger partial charge in [-0.3, -0.25) is 4.90 Å². The fourth-order valence-corrected chi connectivity index (χ4v) is 4.50. The average Bonchev–Trinajstić information content (AvgIpc) is 3.15. The van der Waals surface area contributed by atoms with Crippen LogP contribution in [-0.2, 0) is 19.6 Å². The number of nitrogens with one attached hydrogen (secondary N) is 2. The normalized spacial score (nSPS) is 16.5. The number of aromatic nitrogens is 1. The first-order chi connectivity index (χ1) is 15.0. The first kappa shape index (κ1) is 23.7. The lowest BCUT2D eigenvalue weighted by atomic mass is 10.1. The van der Waals surface area contributed by atoms with E-state index in [9.17, 15) is 0 Å². The van der Waals surface area contributed by atoms with E-state index in [1.807, 2.05) is 0 Å². The lowest BCUT2D eigenvalue weighted by Crippen LogP contribution is -2.36. The minimum Gasteiger partial charge on any atom is -0.357 e. The molecule has 6 nitrogen and oxygen atoms in total. The number of guanidine groups is 1. The van der Waals surface area contributed by atoms with Gasteiger partial charge in [0.25, 0.3) is 0 Å². The molecular formula is C24H38N6S. The summed E-state index contributed by atoms with van der Waals surface area (Å²) in [5, 5.41) is 9.99. The van der Waals surface area contributed by atoms with Crippen LogP contribution in [0.4, 0.5) is 0 Å². The molecule has 0 unspecified atom stereocenters. The van der Waals surface area contributed by atoms with E-state index in [1.54, 1.807) is 11.3 Å². The molecule has 3 rings (SSSR count). The van der Waals surface area contributed by atoms with Gasteiger partial charge in [-0.15, -0.1) is 11.3 Å². The van der Waals surface area contributed by atoms with Crippen LogP contribution in [-0.4, -0.2) is 60.5 Å². The fraction of sp³-hybridized carbons (Fsp3) is 0.583. The average molecular weight is 443 g/mol. The van der Waals surface area contributed by atoms with Crippen LogP contribution in [0.2, 0.25) is 0 Å². The molecular weight excluding hydrogens is 404 g/mol. The molecule has 2 N–H and O–H groups in total. The van der Waals surface area contributed by atoms with Crippen LogP contribution in [0.25, 0.3) is 0 Å². The summed E-state index contributed by atoms with van der Waals surface area (Å²) in [5.41, 5.74) is 3.77. The number of aliphatic imine (C=N–C) groups is 1. The van der Waals surface area contributed by atoms with E-state index in [1.165, 1.54) is 30.6 Å². The topological polar surface area (TPSA) is 55.8 Å². The summed E-state index contributed by atoms with van der Waals surface area (Å²) in [6, 6.07) is 8.93. The van der Waals surface area contributed by atoms with Gasteiger partial charge < -0.3 is 15.5 Å². The summed E-state index contributed by atoms with van der Waals surface area (Å²) in [5.74, 6) is 1.30. The van der Waals surface area contributed by atoms with Gasteiger partial charge in [-0.1, -0.05) is 38.1 Å². The molecule has 0 bridgehead atoms. The van der Waals surface area contributed by atoms with Crippen molar-refractivity contribution >= 4 is 17.3 Å². The Morgan fingerprint density at radius 3 is 2.58 bits per heavy atom. The summed E-state index contributed by atoms with van der Waals surface area (Å²) < 4.78 is 0. The largest absolute Gasteiger partial charge is 0.357 e. The minimum atomic E-state index is 0.468.